The van der Waals surface area contributed by atoms with Crippen molar-refractivity contribution in [1.29, 1.82) is 5.26 Å². The lowest BCUT2D eigenvalue weighted by Crippen LogP contribution is -2.56. The highest BCUT2D eigenvalue weighted by atomic mass is 16.6. The molecule has 6 heteroatoms. The summed E-state index contributed by atoms with van der Waals surface area (Å²) in [6.45, 7) is 10.6. The second-order valence-corrected chi connectivity index (χ2v) is 7.12. The molecule has 23 heavy (non-hydrogen) atoms. The molecule has 0 aliphatic heterocycles. The third kappa shape index (κ3) is 5.62. The molecule has 124 valence electrons. The minimum absolute atomic E-state index is 0.315. The molecule has 1 aromatic rings. The predicted octanol–water partition coefficient (Wildman–Crippen LogP) is 3.24. The Morgan fingerprint density at radius 2 is 1.78 bits per heavy atom. The summed E-state index contributed by atoms with van der Waals surface area (Å²) in [6.07, 6.45) is -0.711. The van der Waals surface area contributed by atoms with Crippen LogP contribution < -0.4 is 5.43 Å². The molecule has 0 bridgehead atoms. The Kier molecular flexibility index (Phi) is 5.38. The summed E-state index contributed by atoms with van der Waals surface area (Å²) in [5.74, 6) is -0.416. The van der Waals surface area contributed by atoms with Gasteiger partial charge in [-0.15, -0.1) is 0 Å². The Bertz CT molecular complexity index is 634. The van der Waals surface area contributed by atoms with Crippen molar-refractivity contribution in [3.05, 3.63) is 35.4 Å². The molecule has 0 aliphatic carbocycles. The largest absolute Gasteiger partial charge is 0.443 e. The number of carbonyl (C=O) groups excluding carboxylic acids is 2. The molecule has 0 aliphatic rings. The minimum atomic E-state index is -0.711. The summed E-state index contributed by atoms with van der Waals surface area (Å²) >= 11 is 0. The average Bonchev–Trinajstić information content (AvgIpc) is 2.41. The highest BCUT2D eigenvalue weighted by Crippen LogP contribution is 2.17. The van der Waals surface area contributed by atoms with Crippen LogP contribution in [0.2, 0.25) is 0 Å². The highest BCUT2D eigenvalue weighted by Gasteiger charge is 2.31. The number of nitrogens with one attached hydrogen (secondary N) is 1. The van der Waals surface area contributed by atoms with E-state index in [1.165, 1.54) is 11.1 Å². The Morgan fingerprint density at radius 1 is 1.17 bits per heavy atom. The van der Waals surface area contributed by atoms with E-state index in [2.05, 4.69) is 5.43 Å². The van der Waals surface area contributed by atoms with E-state index >= 15 is 0 Å². The van der Waals surface area contributed by atoms with Crippen LogP contribution in [0.1, 0.15) is 57.5 Å². The summed E-state index contributed by atoms with van der Waals surface area (Å²) in [5, 5.41) is 10.2. The first kappa shape index (κ1) is 18.5. The van der Waals surface area contributed by atoms with Gasteiger partial charge in [0.1, 0.15) is 5.60 Å². The number of hydrogen-bond donors (Lipinski definition) is 1. The normalized spacial score (nSPS) is 11.3. The maximum absolute atomic E-state index is 12.7. The van der Waals surface area contributed by atoms with Crippen molar-refractivity contribution in [3.63, 3.8) is 0 Å². The van der Waals surface area contributed by atoms with E-state index in [0.717, 1.165) is 0 Å². The van der Waals surface area contributed by atoms with E-state index < -0.39 is 23.1 Å². The smallest absolute Gasteiger partial charge is 0.426 e. The van der Waals surface area contributed by atoms with Crippen LogP contribution in [0.25, 0.3) is 0 Å². The number of carbonyl (C=O) groups is 2. The van der Waals surface area contributed by atoms with Gasteiger partial charge in [-0.3, -0.25) is 4.79 Å². The number of hydrazine groups is 1. The van der Waals surface area contributed by atoms with Gasteiger partial charge in [0.25, 0.3) is 5.91 Å². The molecule has 0 unspecified atom stereocenters. The lowest BCUT2D eigenvalue weighted by atomic mass is 10.1. The van der Waals surface area contributed by atoms with Crippen LogP contribution >= 0.6 is 0 Å². The van der Waals surface area contributed by atoms with Crippen molar-refractivity contribution >= 4 is 12.0 Å². The fraction of sp³-hybridized carbons (Fsp3) is 0.471. The Balaban J connectivity index is 3.05. The molecule has 0 spiro atoms. The molecule has 0 radical (unpaired) electrons. The Hall–Kier alpha value is -2.55. The Morgan fingerprint density at radius 3 is 2.26 bits per heavy atom. The molecule has 0 fully saturated rings. The van der Waals surface area contributed by atoms with E-state index in [9.17, 15) is 9.59 Å². The summed E-state index contributed by atoms with van der Waals surface area (Å²) in [7, 11) is 0. The lowest BCUT2D eigenvalue weighted by Gasteiger charge is -2.36. The molecular weight excluding hydrogens is 294 g/mol. The standard InChI is InChI=1S/C17H23N3O3/c1-16(2,3)20(19-15(22)23-17(4,5)6)14(21)13-9-7-8-12(10-13)11-18/h7-10H,1-6H3,(H,19,22). The Labute approximate surface area is 137 Å². The molecule has 1 N–H and O–H groups in total. The van der Waals surface area contributed by atoms with Crippen molar-refractivity contribution in [3.8, 4) is 6.07 Å². The average molecular weight is 317 g/mol. The third-order valence-corrected chi connectivity index (χ3v) is 2.71. The van der Waals surface area contributed by atoms with Crippen LogP contribution in [0.4, 0.5) is 4.79 Å². The van der Waals surface area contributed by atoms with Crippen LogP contribution in [-0.4, -0.2) is 28.1 Å². The fourth-order valence-electron chi connectivity index (χ4n) is 1.77. The van der Waals surface area contributed by atoms with Crippen molar-refractivity contribution in [2.24, 2.45) is 0 Å². The summed E-state index contributed by atoms with van der Waals surface area (Å²) in [5.41, 5.74) is 1.84. The molecule has 2 amide bonds. The van der Waals surface area contributed by atoms with Crippen LogP contribution in [0.15, 0.2) is 24.3 Å². The van der Waals surface area contributed by atoms with E-state index in [0.29, 0.717) is 11.1 Å². The molecule has 0 saturated heterocycles. The number of nitrogens with zero attached hydrogens (tertiary/aromatic N) is 2. The molecule has 0 saturated carbocycles. The van der Waals surface area contributed by atoms with Crippen molar-refractivity contribution in [2.45, 2.75) is 52.7 Å². The first-order valence-corrected chi connectivity index (χ1v) is 7.28. The summed E-state index contributed by atoms with van der Waals surface area (Å²) in [6, 6.07) is 8.30. The number of ether oxygens (including phenoxy) is 1. The third-order valence-electron chi connectivity index (χ3n) is 2.71. The first-order chi connectivity index (χ1) is 10.4. The van der Waals surface area contributed by atoms with Gasteiger partial charge in [0.15, 0.2) is 0 Å². The second-order valence-electron chi connectivity index (χ2n) is 7.12. The maximum Gasteiger partial charge on any atom is 0.426 e. The van der Waals surface area contributed by atoms with Gasteiger partial charge >= 0.3 is 6.09 Å². The van der Waals surface area contributed by atoms with Crippen LogP contribution in [0.3, 0.4) is 0 Å². The van der Waals surface area contributed by atoms with Crippen molar-refractivity contribution in [1.82, 2.24) is 10.4 Å². The molecule has 0 aromatic heterocycles. The maximum atomic E-state index is 12.7. The van der Waals surface area contributed by atoms with Gasteiger partial charge in [0.05, 0.1) is 17.2 Å². The SMILES string of the molecule is CC(C)(C)OC(=O)NN(C(=O)c1cccc(C#N)c1)C(C)(C)C. The zero-order valence-corrected chi connectivity index (χ0v) is 14.4. The van der Waals surface area contributed by atoms with Gasteiger partial charge in [-0.05, 0) is 59.7 Å². The monoisotopic (exact) mass is 317 g/mol. The molecular formula is C17H23N3O3. The van der Waals surface area contributed by atoms with E-state index in [-0.39, 0.29) is 0 Å². The zero-order chi connectivity index (χ0) is 17.8. The van der Waals surface area contributed by atoms with Gasteiger partial charge in [-0.2, -0.15) is 5.26 Å². The summed E-state index contributed by atoms with van der Waals surface area (Å²) < 4.78 is 5.20. The van der Waals surface area contributed by atoms with Crippen molar-refractivity contribution in [2.75, 3.05) is 0 Å². The zero-order valence-electron chi connectivity index (χ0n) is 14.4. The highest BCUT2D eigenvalue weighted by molar-refractivity contribution is 5.95. The lowest BCUT2D eigenvalue weighted by molar-refractivity contribution is 0.0118. The van der Waals surface area contributed by atoms with E-state index in [4.69, 9.17) is 10.00 Å². The van der Waals surface area contributed by atoms with Crippen molar-refractivity contribution < 1.29 is 14.3 Å². The topological polar surface area (TPSA) is 82.4 Å². The van der Waals surface area contributed by atoms with Gasteiger partial charge < -0.3 is 4.74 Å². The van der Waals surface area contributed by atoms with Crippen LogP contribution in [-0.2, 0) is 4.74 Å². The van der Waals surface area contributed by atoms with Gasteiger partial charge in [-0.25, -0.2) is 15.2 Å². The van der Waals surface area contributed by atoms with Gasteiger partial charge in [-0.1, -0.05) is 6.07 Å². The van der Waals surface area contributed by atoms with E-state index in [1.54, 1.807) is 59.7 Å². The number of amides is 2. The molecule has 6 nitrogen and oxygen atoms in total. The minimum Gasteiger partial charge on any atom is -0.443 e. The van der Waals surface area contributed by atoms with Crippen LogP contribution in [0.5, 0.6) is 0 Å². The quantitative estimate of drug-likeness (QED) is 0.806. The number of hydrogen-bond acceptors (Lipinski definition) is 4. The number of rotatable bonds is 1. The molecule has 1 aromatic carbocycles. The van der Waals surface area contributed by atoms with Gasteiger partial charge in [0, 0.05) is 5.56 Å². The van der Waals surface area contributed by atoms with E-state index in [1.807, 2.05) is 6.07 Å². The molecule has 0 heterocycles. The van der Waals surface area contributed by atoms with Gasteiger partial charge in [0.2, 0.25) is 0 Å². The predicted molar refractivity (Wildman–Crippen MR) is 86.4 cm³/mol. The fourth-order valence-corrected chi connectivity index (χ4v) is 1.77. The number of benzene rings is 1. The molecule has 1 rings (SSSR count). The molecule has 0 atom stereocenters. The first-order valence-electron chi connectivity index (χ1n) is 7.28. The second kappa shape index (κ2) is 6.69. The summed E-state index contributed by atoms with van der Waals surface area (Å²) in [4.78, 5) is 24.7. The number of nitriles is 1. The van der Waals surface area contributed by atoms with Crippen LogP contribution in [0, 0.1) is 11.3 Å².